The molecule has 17 heavy (non-hydrogen) atoms. The zero-order chi connectivity index (χ0) is 12.4. The number of benzene rings is 1. The maximum absolute atomic E-state index is 12.5. The number of halogens is 1. The van der Waals surface area contributed by atoms with Crippen LogP contribution in [-0.4, -0.2) is 28.7 Å². The molecule has 92 valence electrons. The summed E-state index contributed by atoms with van der Waals surface area (Å²) in [5.41, 5.74) is 3.14. The van der Waals surface area contributed by atoms with Gasteiger partial charge in [-0.1, -0.05) is 33.6 Å². The number of amides is 1. The fourth-order valence-electron chi connectivity index (χ4n) is 2.14. The van der Waals surface area contributed by atoms with Gasteiger partial charge in [0.2, 0.25) is 0 Å². The first kappa shape index (κ1) is 12.6. The molecule has 0 saturated heterocycles. The molecule has 0 N–H and O–H groups in total. The van der Waals surface area contributed by atoms with Gasteiger partial charge in [-0.15, -0.1) is 0 Å². The molecule has 0 bridgehead atoms. The Balaban J connectivity index is 2.22. The number of hydrogen-bond acceptors (Lipinski definition) is 1. The van der Waals surface area contributed by atoms with Crippen LogP contribution >= 0.6 is 15.9 Å². The molecule has 0 spiro atoms. The fourth-order valence-corrected chi connectivity index (χ4v) is 2.52. The number of aryl methyl sites for hydroxylation is 2. The molecule has 1 amide bonds. The normalized spacial score (nSPS) is 14.8. The van der Waals surface area contributed by atoms with E-state index in [-0.39, 0.29) is 5.91 Å². The average molecular weight is 296 g/mol. The Morgan fingerprint density at radius 3 is 2.65 bits per heavy atom. The van der Waals surface area contributed by atoms with Crippen molar-refractivity contribution in [2.24, 2.45) is 0 Å². The molecule has 0 aromatic heterocycles. The number of alkyl halides is 1. The van der Waals surface area contributed by atoms with Crippen molar-refractivity contribution in [2.75, 3.05) is 11.9 Å². The zero-order valence-corrected chi connectivity index (χ0v) is 12.0. The van der Waals surface area contributed by atoms with Crippen LogP contribution in [0.3, 0.4) is 0 Å². The molecule has 1 fully saturated rings. The number of hydrogen-bond donors (Lipinski definition) is 0. The fraction of sp³-hybridized carbons (Fsp3) is 0.500. The lowest BCUT2D eigenvalue weighted by Crippen LogP contribution is -2.35. The van der Waals surface area contributed by atoms with E-state index >= 15 is 0 Å². The molecule has 1 aliphatic carbocycles. The predicted molar refractivity (Wildman–Crippen MR) is 73.8 cm³/mol. The molecule has 0 aliphatic heterocycles. The van der Waals surface area contributed by atoms with Crippen LogP contribution in [0.4, 0.5) is 0 Å². The molecule has 3 heteroatoms. The SMILES string of the molecule is Cc1ccc(C(=O)N(CCBr)C2CC2)c(C)c1. The standard InChI is InChI=1S/C14H18BrNO/c1-10-3-6-13(11(2)9-10)14(17)16(8-7-15)12-4-5-12/h3,6,9,12H,4-5,7-8H2,1-2H3. The molecule has 0 atom stereocenters. The molecule has 0 heterocycles. The summed E-state index contributed by atoms with van der Waals surface area (Å²) in [5.74, 6) is 0.185. The zero-order valence-electron chi connectivity index (χ0n) is 10.4. The third-order valence-corrected chi connectivity index (χ3v) is 3.54. The Kier molecular flexibility index (Phi) is 3.87. The minimum absolute atomic E-state index is 0.185. The van der Waals surface area contributed by atoms with Crippen molar-refractivity contribution in [2.45, 2.75) is 32.7 Å². The highest BCUT2D eigenvalue weighted by Crippen LogP contribution is 2.28. The molecular weight excluding hydrogens is 278 g/mol. The van der Waals surface area contributed by atoms with Crippen LogP contribution < -0.4 is 0 Å². The van der Waals surface area contributed by atoms with Gasteiger partial charge < -0.3 is 4.90 Å². The number of rotatable bonds is 4. The van der Waals surface area contributed by atoms with E-state index in [4.69, 9.17) is 0 Å². The summed E-state index contributed by atoms with van der Waals surface area (Å²) < 4.78 is 0. The summed E-state index contributed by atoms with van der Waals surface area (Å²) in [5, 5.41) is 0.847. The minimum atomic E-state index is 0.185. The van der Waals surface area contributed by atoms with Gasteiger partial charge in [0.25, 0.3) is 5.91 Å². The van der Waals surface area contributed by atoms with Crippen LogP contribution in [0.2, 0.25) is 0 Å². The van der Waals surface area contributed by atoms with Gasteiger partial charge in [0, 0.05) is 23.5 Å². The maximum atomic E-state index is 12.5. The molecule has 1 aromatic carbocycles. The van der Waals surface area contributed by atoms with E-state index in [0.717, 1.165) is 35.8 Å². The van der Waals surface area contributed by atoms with E-state index in [1.165, 1.54) is 5.56 Å². The molecule has 1 aromatic rings. The first-order valence-corrected chi connectivity index (χ1v) is 7.20. The molecular formula is C14H18BrNO. The Bertz CT molecular complexity index is 426. The Labute approximate surface area is 111 Å². The third kappa shape index (κ3) is 2.89. The summed E-state index contributed by atoms with van der Waals surface area (Å²) >= 11 is 3.42. The molecule has 0 radical (unpaired) electrons. The lowest BCUT2D eigenvalue weighted by atomic mass is 10.0. The van der Waals surface area contributed by atoms with Crippen LogP contribution in [0.1, 0.15) is 34.3 Å². The summed E-state index contributed by atoms with van der Waals surface area (Å²) in [7, 11) is 0. The molecule has 2 nitrogen and oxygen atoms in total. The van der Waals surface area contributed by atoms with Crippen LogP contribution in [0.5, 0.6) is 0 Å². The van der Waals surface area contributed by atoms with Crippen molar-refractivity contribution in [3.8, 4) is 0 Å². The second-order valence-corrected chi connectivity index (χ2v) is 5.53. The van der Waals surface area contributed by atoms with Crippen LogP contribution in [-0.2, 0) is 0 Å². The van der Waals surface area contributed by atoms with Gasteiger partial charge >= 0.3 is 0 Å². The van der Waals surface area contributed by atoms with E-state index in [9.17, 15) is 4.79 Å². The van der Waals surface area contributed by atoms with Crippen LogP contribution in [0.15, 0.2) is 18.2 Å². The lowest BCUT2D eigenvalue weighted by Gasteiger charge is -2.22. The number of nitrogens with zero attached hydrogens (tertiary/aromatic N) is 1. The Morgan fingerprint density at radius 1 is 1.41 bits per heavy atom. The van der Waals surface area contributed by atoms with Crippen molar-refractivity contribution in [1.82, 2.24) is 4.90 Å². The highest BCUT2D eigenvalue weighted by molar-refractivity contribution is 9.09. The number of carbonyl (C=O) groups is 1. The monoisotopic (exact) mass is 295 g/mol. The van der Waals surface area contributed by atoms with E-state index in [0.29, 0.717) is 6.04 Å². The molecule has 2 rings (SSSR count). The molecule has 1 saturated carbocycles. The van der Waals surface area contributed by atoms with Gasteiger partial charge in [0.1, 0.15) is 0 Å². The Morgan fingerprint density at radius 2 is 2.12 bits per heavy atom. The highest BCUT2D eigenvalue weighted by Gasteiger charge is 2.32. The van der Waals surface area contributed by atoms with E-state index < -0.39 is 0 Å². The second kappa shape index (κ2) is 5.21. The summed E-state index contributed by atoms with van der Waals surface area (Å²) in [6.45, 7) is 4.87. The van der Waals surface area contributed by atoms with E-state index in [2.05, 4.69) is 28.9 Å². The lowest BCUT2D eigenvalue weighted by molar-refractivity contribution is 0.0754. The predicted octanol–water partition coefficient (Wildman–Crippen LogP) is 3.30. The molecule has 0 unspecified atom stereocenters. The van der Waals surface area contributed by atoms with Gasteiger partial charge in [-0.2, -0.15) is 0 Å². The first-order chi connectivity index (χ1) is 8.13. The van der Waals surface area contributed by atoms with Crippen molar-refractivity contribution < 1.29 is 4.79 Å². The highest BCUT2D eigenvalue weighted by atomic mass is 79.9. The maximum Gasteiger partial charge on any atom is 0.254 e. The summed E-state index contributed by atoms with van der Waals surface area (Å²) in [6, 6.07) is 6.52. The topological polar surface area (TPSA) is 20.3 Å². The van der Waals surface area contributed by atoms with Crippen molar-refractivity contribution in [3.63, 3.8) is 0 Å². The van der Waals surface area contributed by atoms with Crippen molar-refractivity contribution in [3.05, 3.63) is 34.9 Å². The van der Waals surface area contributed by atoms with E-state index in [1.54, 1.807) is 0 Å². The van der Waals surface area contributed by atoms with Gasteiger partial charge in [-0.05, 0) is 38.3 Å². The van der Waals surface area contributed by atoms with Gasteiger partial charge in [-0.3, -0.25) is 4.79 Å². The van der Waals surface area contributed by atoms with Crippen molar-refractivity contribution >= 4 is 21.8 Å². The largest absolute Gasteiger partial charge is 0.335 e. The second-order valence-electron chi connectivity index (χ2n) is 4.74. The average Bonchev–Trinajstić information content (AvgIpc) is 3.09. The summed E-state index contributed by atoms with van der Waals surface area (Å²) in [6.07, 6.45) is 2.31. The van der Waals surface area contributed by atoms with Gasteiger partial charge in [-0.25, -0.2) is 0 Å². The van der Waals surface area contributed by atoms with Gasteiger partial charge in [0.15, 0.2) is 0 Å². The molecule has 1 aliphatic rings. The van der Waals surface area contributed by atoms with E-state index in [1.807, 2.05) is 24.0 Å². The Hall–Kier alpha value is -0.830. The van der Waals surface area contributed by atoms with Crippen LogP contribution in [0.25, 0.3) is 0 Å². The summed E-state index contributed by atoms with van der Waals surface area (Å²) in [4.78, 5) is 14.5. The third-order valence-electron chi connectivity index (χ3n) is 3.19. The van der Waals surface area contributed by atoms with Crippen LogP contribution in [0, 0.1) is 13.8 Å². The quantitative estimate of drug-likeness (QED) is 0.781. The minimum Gasteiger partial charge on any atom is -0.335 e. The first-order valence-electron chi connectivity index (χ1n) is 6.07. The van der Waals surface area contributed by atoms with Crippen molar-refractivity contribution in [1.29, 1.82) is 0 Å². The smallest absolute Gasteiger partial charge is 0.254 e. The van der Waals surface area contributed by atoms with Gasteiger partial charge in [0.05, 0.1) is 0 Å². The number of carbonyl (C=O) groups excluding carboxylic acids is 1.